The van der Waals surface area contributed by atoms with Crippen LogP contribution in [0.4, 0.5) is 4.39 Å². The van der Waals surface area contributed by atoms with Crippen molar-refractivity contribution in [3.05, 3.63) is 29.8 Å². The smallest absolute Gasteiger partial charge is 0.251 e. The number of amides is 1. The number of nitrogens with one attached hydrogen (secondary N) is 1. The summed E-state index contributed by atoms with van der Waals surface area (Å²) in [5, 5.41) is 2.62. The maximum absolute atomic E-state index is 12.4. The van der Waals surface area contributed by atoms with Crippen LogP contribution < -0.4 is 5.32 Å². The Balaban J connectivity index is 2.74. The maximum Gasteiger partial charge on any atom is 0.251 e. The van der Waals surface area contributed by atoms with E-state index in [0.717, 1.165) is 0 Å². The van der Waals surface area contributed by atoms with Crippen molar-refractivity contribution in [3.8, 4) is 0 Å². The molecule has 0 heterocycles. The van der Waals surface area contributed by atoms with Crippen molar-refractivity contribution < 1.29 is 22.3 Å². The van der Waals surface area contributed by atoms with Gasteiger partial charge in [-0.15, -0.1) is 0 Å². The van der Waals surface area contributed by atoms with Crippen molar-refractivity contribution in [3.63, 3.8) is 0 Å². The average molecular weight is 289 g/mol. The molecule has 0 saturated carbocycles. The topological polar surface area (TPSA) is 72.5 Å². The molecule has 1 amide bonds. The molecule has 0 radical (unpaired) electrons. The number of alkyl halides is 1. The third-order valence-corrected chi connectivity index (χ3v) is 3.67. The Hall–Kier alpha value is -1.47. The highest BCUT2D eigenvalue weighted by Gasteiger charge is 2.15. The van der Waals surface area contributed by atoms with Crippen molar-refractivity contribution in [2.24, 2.45) is 0 Å². The molecule has 0 saturated heterocycles. The van der Waals surface area contributed by atoms with Gasteiger partial charge in [0.15, 0.2) is 6.01 Å². The number of hydrogen-bond acceptors (Lipinski definition) is 4. The van der Waals surface area contributed by atoms with Crippen molar-refractivity contribution in [1.82, 2.24) is 5.32 Å². The van der Waals surface area contributed by atoms with Crippen molar-refractivity contribution >= 4 is 15.7 Å². The van der Waals surface area contributed by atoms with E-state index in [9.17, 15) is 17.6 Å². The van der Waals surface area contributed by atoms with E-state index in [1.165, 1.54) is 24.3 Å². The minimum Gasteiger partial charge on any atom is -0.385 e. The van der Waals surface area contributed by atoms with E-state index >= 15 is 0 Å². The number of sulfone groups is 1. The van der Waals surface area contributed by atoms with Crippen LogP contribution in [0.2, 0.25) is 0 Å². The van der Waals surface area contributed by atoms with E-state index in [-0.39, 0.29) is 10.5 Å². The minimum atomic E-state index is -3.95. The molecule has 1 N–H and O–H groups in total. The Kier molecular flexibility index (Phi) is 5.91. The van der Waals surface area contributed by atoms with Crippen LogP contribution in [0, 0.1) is 0 Å². The van der Waals surface area contributed by atoms with Gasteiger partial charge in [0, 0.05) is 25.8 Å². The van der Waals surface area contributed by atoms with Crippen LogP contribution in [-0.2, 0) is 14.6 Å². The number of rotatable bonds is 7. The van der Waals surface area contributed by atoms with Crippen LogP contribution >= 0.6 is 0 Å². The number of halogens is 1. The van der Waals surface area contributed by atoms with Gasteiger partial charge in [-0.2, -0.15) is 0 Å². The van der Waals surface area contributed by atoms with Gasteiger partial charge in [0.2, 0.25) is 9.84 Å². The Bertz CT molecular complexity index is 530. The van der Waals surface area contributed by atoms with Gasteiger partial charge in [-0.1, -0.05) is 6.07 Å². The summed E-state index contributed by atoms with van der Waals surface area (Å²) in [6, 6.07) is 3.83. The van der Waals surface area contributed by atoms with E-state index < -0.39 is 21.8 Å². The minimum absolute atomic E-state index is 0.187. The molecule has 19 heavy (non-hydrogen) atoms. The summed E-state index contributed by atoms with van der Waals surface area (Å²) in [4.78, 5) is 11.5. The van der Waals surface area contributed by atoms with Crippen LogP contribution in [0.15, 0.2) is 29.2 Å². The molecule has 0 fully saturated rings. The molecule has 0 aliphatic rings. The van der Waals surface area contributed by atoms with E-state index in [0.29, 0.717) is 19.6 Å². The van der Waals surface area contributed by atoms with Crippen molar-refractivity contribution in [2.45, 2.75) is 11.3 Å². The van der Waals surface area contributed by atoms with Crippen molar-refractivity contribution in [1.29, 1.82) is 0 Å². The SMILES string of the molecule is COCCCNC(=O)c1cccc(S(=O)(=O)CF)c1. The van der Waals surface area contributed by atoms with Crippen LogP contribution in [0.1, 0.15) is 16.8 Å². The summed E-state index contributed by atoms with van der Waals surface area (Å²) in [5.41, 5.74) is 0.187. The monoisotopic (exact) mass is 289 g/mol. The van der Waals surface area contributed by atoms with Crippen molar-refractivity contribution in [2.75, 3.05) is 26.3 Å². The standard InChI is InChI=1S/C12H16FNO4S/c1-18-7-3-6-14-12(15)10-4-2-5-11(8-10)19(16,17)9-13/h2,4-5,8H,3,6-7,9H2,1H3,(H,14,15). The van der Waals surface area contributed by atoms with E-state index in [4.69, 9.17) is 4.74 Å². The van der Waals surface area contributed by atoms with E-state index in [1.54, 1.807) is 7.11 Å². The normalized spacial score (nSPS) is 11.3. The zero-order valence-corrected chi connectivity index (χ0v) is 11.4. The summed E-state index contributed by atoms with van der Waals surface area (Å²) >= 11 is 0. The van der Waals surface area contributed by atoms with Gasteiger partial charge >= 0.3 is 0 Å². The number of methoxy groups -OCH3 is 1. The van der Waals surface area contributed by atoms with Gasteiger partial charge in [0.25, 0.3) is 5.91 Å². The van der Waals surface area contributed by atoms with Gasteiger partial charge in [0.1, 0.15) is 0 Å². The lowest BCUT2D eigenvalue weighted by Gasteiger charge is -2.06. The van der Waals surface area contributed by atoms with Gasteiger partial charge in [-0.3, -0.25) is 4.79 Å². The molecule has 0 bridgehead atoms. The lowest BCUT2D eigenvalue weighted by Crippen LogP contribution is -2.25. The number of carbonyl (C=O) groups is 1. The van der Waals surface area contributed by atoms with Crippen LogP contribution in [0.3, 0.4) is 0 Å². The first-order valence-electron chi connectivity index (χ1n) is 5.67. The molecule has 0 aliphatic carbocycles. The highest BCUT2D eigenvalue weighted by atomic mass is 32.2. The predicted molar refractivity (Wildman–Crippen MR) is 68.4 cm³/mol. The number of benzene rings is 1. The quantitative estimate of drug-likeness (QED) is 0.764. The Morgan fingerprint density at radius 2 is 2.16 bits per heavy atom. The molecular formula is C12H16FNO4S. The lowest BCUT2D eigenvalue weighted by molar-refractivity contribution is 0.0948. The molecule has 0 aromatic heterocycles. The summed E-state index contributed by atoms with van der Waals surface area (Å²) in [6.45, 7) is 0.948. The van der Waals surface area contributed by atoms with Gasteiger partial charge in [-0.25, -0.2) is 12.8 Å². The Labute approximate surface area is 111 Å². The predicted octanol–water partition coefficient (Wildman–Crippen LogP) is 1.15. The zero-order chi connectivity index (χ0) is 14.3. The first kappa shape index (κ1) is 15.6. The molecule has 0 atom stereocenters. The molecule has 0 aliphatic heterocycles. The van der Waals surface area contributed by atoms with Crippen LogP contribution in [-0.4, -0.2) is 40.6 Å². The molecule has 1 aromatic carbocycles. The fourth-order valence-electron chi connectivity index (χ4n) is 1.41. The largest absolute Gasteiger partial charge is 0.385 e. The third-order valence-electron chi connectivity index (χ3n) is 2.41. The molecule has 1 rings (SSSR count). The first-order valence-corrected chi connectivity index (χ1v) is 7.32. The first-order chi connectivity index (χ1) is 9.01. The maximum atomic E-state index is 12.4. The second kappa shape index (κ2) is 7.20. The van der Waals surface area contributed by atoms with E-state index in [2.05, 4.69) is 5.32 Å². The molecule has 106 valence electrons. The number of carbonyl (C=O) groups excluding carboxylic acids is 1. The molecule has 0 unspecified atom stereocenters. The molecule has 7 heteroatoms. The summed E-state index contributed by atoms with van der Waals surface area (Å²) in [6.07, 6.45) is 0.657. The fourth-order valence-corrected chi connectivity index (χ4v) is 2.13. The molecule has 5 nitrogen and oxygen atoms in total. The summed E-state index contributed by atoms with van der Waals surface area (Å²) in [7, 11) is -2.39. The molecule has 0 spiro atoms. The van der Waals surface area contributed by atoms with Gasteiger partial charge in [-0.05, 0) is 24.6 Å². The number of hydrogen-bond donors (Lipinski definition) is 1. The Morgan fingerprint density at radius 3 is 2.79 bits per heavy atom. The van der Waals surface area contributed by atoms with E-state index in [1.807, 2.05) is 0 Å². The molecule has 1 aromatic rings. The number of ether oxygens (including phenoxy) is 1. The van der Waals surface area contributed by atoms with Crippen LogP contribution in [0.25, 0.3) is 0 Å². The highest BCUT2D eigenvalue weighted by molar-refractivity contribution is 7.91. The van der Waals surface area contributed by atoms with Gasteiger partial charge in [0.05, 0.1) is 4.90 Å². The summed E-state index contributed by atoms with van der Waals surface area (Å²) in [5.74, 6) is -0.396. The van der Waals surface area contributed by atoms with Gasteiger partial charge < -0.3 is 10.1 Å². The Morgan fingerprint density at radius 1 is 1.42 bits per heavy atom. The second-order valence-electron chi connectivity index (χ2n) is 3.85. The average Bonchev–Trinajstić information content (AvgIpc) is 2.43. The summed E-state index contributed by atoms with van der Waals surface area (Å²) < 4.78 is 39.9. The fraction of sp³-hybridized carbons (Fsp3) is 0.417. The second-order valence-corrected chi connectivity index (χ2v) is 5.77. The zero-order valence-electron chi connectivity index (χ0n) is 10.6. The lowest BCUT2D eigenvalue weighted by atomic mass is 10.2. The highest BCUT2D eigenvalue weighted by Crippen LogP contribution is 2.13. The van der Waals surface area contributed by atoms with Crippen LogP contribution in [0.5, 0.6) is 0 Å². The third kappa shape index (κ3) is 4.60. The molecular weight excluding hydrogens is 273 g/mol.